The van der Waals surface area contributed by atoms with Crippen molar-refractivity contribution in [2.45, 2.75) is 44.8 Å². The second-order valence-corrected chi connectivity index (χ2v) is 7.51. The fourth-order valence-electron chi connectivity index (χ4n) is 4.74. The summed E-state index contributed by atoms with van der Waals surface area (Å²) in [4.78, 5) is 23.6. The van der Waals surface area contributed by atoms with Crippen LogP contribution in [0.25, 0.3) is 0 Å². The van der Waals surface area contributed by atoms with E-state index in [2.05, 4.69) is 5.32 Å². The van der Waals surface area contributed by atoms with Crippen LogP contribution in [0.1, 0.15) is 37.7 Å². The van der Waals surface area contributed by atoms with Crippen LogP contribution >= 0.6 is 0 Å². The van der Waals surface area contributed by atoms with Crippen molar-refractivity contribution in [3.8, 4) is 0 Å². The molecule has 1 aromatic carbocycles. The number of rotatable bonds is 6. The van der Waals surface area contributed by atoms with Crippen molar-refractivity contribution in [1.29, 1.82) is 0 Å². The molecule has 0 saturated heterocycles. The van der Waals surface area contributed by atoms with Gasteiger partial charge in [0.2, 0.25) is 0 Å². The molecular formula is C18H21NO4. The number of carbonyl (C=O) groups excluding carboxylic acids is 1. The Kier molecular flexibility index (Phi) is 3.15. The number of aliphatic carboxylic acids is 1. The smallest absolute Gasteiger partial charge is 0.408 e. The average molecular weight is 315 g/mol. The van der Waals surface area contributed by atoms with Crippen molar-refractivity contribution in [2.24, 2.45) is 16.7 Å². The first-order chi connectivity index (χ1) is 11.0. The number of carboxylic acid groups (broad SMARTS) is 1. The molecule has 5 rings (SSSR count). The van der Waals surface area contributed by atoms with Gasteiger partial charge in [0, 0.05) is 5.41 Å². The molecule has 23 heavy (non-hydrogen) atoms. The predicted octanol–water partition coefficient (Wildman–Crippen LogP) is 2.95. The average Bonchev–Trinajstić information content (AvgIpc) is 3.27. The van der Waals surface area contributed by atoms with E-state index in [0.29, 0.717) is 5.41 Å². The van der Waals surface area contributed by atoms with Gasteiger partial charge in [-0.2, -0.15) is 0 Å². The highest BCUT2D eigenvalue weighted by atomic mass is 16.5. The van der Waals surface area contributed by atoms with E-state index in [4.69, 9.17) is 4.74 Å². The molecule has 4 fully saturated rings. The van der Waals surface area contributed by atoms with Gasteiger partial charge < -0.3 is 15.2 Å². The first kappa shape index (κ1) is 14.5. The van der Waals surface area contributed by atoms with Crippen molar-refractivity contribution < 1.29 is 19.4 Å². The fourth-order valence-corrected chi connectivity index (χ4v) is 4.74. The molecule has 1 amide bonds. The molecule has 0 spiro atoms. The number of benzene rings is 1. The Morgan fingerprint density at radius 2 is 1.87 bits per heavy atom. The van der Waals surface area contributed by atoms with E-state index in [9.17, 15) is 14.7 Å². The van der Waals surface area contributed by atoms with Gasteiger partial charge in [-0.1, -0.05) is 30.3 Å². The summed E-state index contributed by atoms with van der Waals surface area (Å²) in [6.07, 6.45) is 4.77. The Hall–Kier alpha value is -2.04. The summed E-state index contributed by atoms with van der Waals surface area (Å²) >= 11 is 0. The van der Waals surface area contributed by atoms with Crippen LogP contribution in [0, 0.1) is 16.7 Å². The topological polar surface area (TPSA) is 75.6 Å². The van der Waals surface area contributed by atoms with E-state index in [1.54, 1.807) is 0 Å². The lowest BCUT2D eigenvalue weighted by molar-refractivity contribution is -0.235. The van der Waals surface area contributed by atoms with Crippen LogP contribution in [0.5, 0.6) is 0 Å². The van der Waals surface area contributed by atoms with Crippen molar-refractivity contribution >= 4 is 12.1 Å². The first-order valence-corrected chi connectivity index (χ1v) is 8.23. The normalized spacial score (nSPS) is 32.2. The van der Waals surface area contributed by atoms with Crippen molar-refractivity contribution in [3.05, 3.63) is 35.9 Å². The molecule has 1 aromatic rings. The minimum atomic E-state index is -0.953. The molecule has 0 aliphatic heterocycles. The second-order valence-electron chi connectivity index (χ2n) is 7.51. The molecule has 2 N–H and O–H groups in total. The van der Waals surface area contributed by atoms with E-state index in [1.165, 1.54) is 12.8 Å². The highest BCUT2D eigenvalue weighted by Crippen LogP contribution is 2.80. The van der Waals surface area contributed by atoms with Gasteiger partial charge in [-0.3, -0.25) is 0 Å². The highest BCUT2D eigenvalue weighted by molar-refractivity contribution is 5.81. The number of hydrogen-bond acceptors (Lipinski definition) is 3. The molecule has 0 aromatic heterocycles. The molecular weight excluding hydrogens is 294 g/mol. The van der Waals surface area contributed by atoms with E-state index < -0.39 is 18.1 Å². The minimum absolute atomic E-state index is 0.151. The molecule has 0 heterocycles. The highest BCUT2D eigenvalue weighted by Gasteiger charge is 2.75. The van der Waals surface area contributed by atoms with Crippen LogP contribution in [-0.2, 0) is 16.1 Å². The van der Waals surface area contributed by atoms with E-state index in [1.807, 2.05) is 30.3 Å². The molecule has 1 atom stereocenters. The summed E-state index contributed by atoms with van der Waals surface area (Å²) in [5, 5.41) is 12.1. The number of alkyl carbamates (subject to hydrolysis) is 1. The van der Waals surface area contributed by atoms with Gasteiger partial charge in [-0.15, -0.1) is 0 Å². The monoisotopic (exact) mass is 315 g/mol. The number of carbonyl (C=O) groups is 2. The van der Waals surface area contributed by atoms with Crippen LogP contribution < -0.4 is 5.32 Å². The van der Waals surface area contributed by atoms with Crippen LogP contribution in [-0.4, -0.2) is 23.2 Å². The van der Waals surface area contributed by atoms with Crippen LogP contribution in [0.2, 0.25) is 0 Å². The summed E-state index contributed by atoms with van der Waals surface area (Å²) in [7, 11) is 0. The minimum Gasteiger partial charge on any atom is -0.480 e. The second kappa shape index (κ2) is 4.98. The van der Waals surface area contributed by atoms with Gasteiger partial charge in [0.05, 0.1) is 0 Å². The Labute approximate surface area is 135 Å². The van der Waals surface area contributed by atoms with Gasteiger partial charge in [-0.05, 0) is 49.0 Å². The molecule has 0 radical (unpaired) electrons. The summed E-state index contributed by atoms with van der Waals surface area (Å²) in [6.45, 7) is 0.151. The van der Waals surface area contributed by atoms with Crippen LogP contribution in [0.3, 0.4) is 0 Å². The third kappa shape index (κ3) is 2.38. The van der Waals surface area contributed by atoms with Crippen LogP contribution in [0.15, 0.2) is 30.3 Å². The van der Waals surface area contributed by atoms with E-state index in [-0.39, 0.29) is 12.0 Å². The standard InChI is InChI=1S/C18H21NO4/c20-15(21)14(18-9-17(10-18,11-18)13-6-7-13)19-16(22)23-8-12-4-2-1-3-5-12/h1-5,13-14H,6-11H2,(H,19,22)(H,20,21). The lowest BCUT2D eigenvalue weighted by atomic mass is 9.31. The molecule has 4 aliphatic carbocycles. The maximum atomic E-state index is 12.0. The zero-order valence-electron chi connectivity index (χ0n) is 13.0. The Morgan fingerprint density at radius 1 is 1.22 bits per heavy atom. The van der Waals surface area contributed by atoms with E-state index in [0.717, 1.165) is 30.7 Å². The first-order valence-electron chi connectivity index (χ1n) is 8.23. The fraction of sp³-hybridized carbons (Fsp3) is 0.556. The van der Waals surface area contributed by atoms with Crippen molar-refractivity contribution in [1.82, 2.24) is 5.32 Å². The van der Waals surface area contributed by atoms with Gasteiger partial charge in [-0.25, -0.2) is 9.59 Å². The Bertz CT molecular complexity index is 618. The molecule has 4 saturated carbocycles. The largest absolute Gasteiger partial charge is 0.480 e. The molecule has 4 aliphatic rings. The van der Waals surface area contributed by atoms with Crippen molar-refractivity contribution in [2.75, 3.05) is 0 Å². The number of amides is 1. The SMILES string of the molecule is O=C(NC(C(=O)O)C12CC(C3CC3)(C1)C2)OCc1ccccc1. The Balaban J connectivity index is 1.32. The third-order valence-electron chi connectivity index (χ3n) is 5.89. The zero-order chi connectivity index (χ0) is 16.1. The molecule has 2 bridgehead atoms. The predicted molar refractivity (Wildman–Crippen MR) is 82.6 cm³/mol. The van der Waals surface area contributed by atoms with Gasteiger partial charge in [0.15, 0.2) is 0 Å². The summed E-state index contributed by atoms with van der Waals surface area (Å²) in [5.74, 6) is -0.144. The number of hydrogen-bond donors (Lipinski definition) is 2. The summed E-state index contributed by atoms with van der Waals surface area (Å²) < 4.78 is 5.16. The Morgan fingerprint density at radius 3 is 2.43 bits per heavy atom. The lowest BCUT2D eigenvalue weighted by Gasteiger charge is -2.73. The summed E-state index contributed by atoms with van der Waals surface area (Å²) in [5.41, 5.74) is 1.05. The molecule has 1 unspecified atom stereocenters. The maximum Gasteiger partial charge on any atom is 0.408 e. The lowest BCUT2D eigenvalue weighted by Crippen LogP contribution is -2.72. The van der Waals surface area contributed by atoms with Crippen molar-refractivity contribution in [3.63, 3.8) is 0 Å². The van der Waals surface area contributed by atoms with E-state index >= 15 is 0 Å². The maximum absolute atomic E-state index is 12.0. The third-order valence-corrected chi connectivity index (χ3v) is 5.89. The molecule has 5 heteroatoms. The van der Waals surface area contributed by atoms with Gasteiger partial charge in [0.1, 0.15) is 12.6 Å². The number of ether oxygens (including phenoxy) is 1. The zero-order valence-corrected chi connectivity index (χ0v) is 13.0. The molecule has 5 nitrogen and oxygen atoms in total. The van der Waals surface area contributed by atoms with Crippen LogP contribution in [0.4, 0.5) is 4.79 Å². The quantitative estimate of drug-likeness (QED) is 0.846. The van der Waals surface area contributed by atoms with Gasteiger partial charge >= 0.3 is 12.1 Å². The number of nitrogens with one attached hydrogen (secondary N) is 1. The molecule has 122 valence electrons. The number of carboxylic acids is 1. The summed E-state index contributed by atoms with van der Waals surface area (Å²) in [6, 6.07) is 8.53. The van der Waals surface area contributed by atoms with Gasteiger partial charge in [0.25, 0.3) is 0 Å².